The number of carbonyl (C=O) groups is 2. The highest BCUT2D eigenvalue weighted by Crippen LogP contribution is 2.35. The molecular weight excluding hydrogens is 474 g/mol. The summed E-state index contributed by atoms with van der Waals surface area (Å²) >= 11 is 0. The van der Waals surface area contributed by atoms with Crippen LogP contribution in [0, 0.1) is 5.92 Å². The number of carbonyl (C=O) groups excluding carboxylic acids is 2. The van der Waals surface area contributed by atoms with E-state index in [9.17, 15) is 23.2 Å². The highest BCUT2D eigenvalue weighted by atomic mass is 19.3. The zero-order valence-electron chi connectivity index (χ0n) is 19.5. The number of nitrogens with zero attached hydrogens (tertiary/aromatic N) is 4. The van der Waals surface area contributed by atoms with E-state index in [2.05, 4.69) is 20.7 Å². The lowest BCUT2D eigenvalue weighted by molar-refractivity contribution is -0.0452. The van der Waals surface area contributed by atoms with E-state index in [0.29, 0.717) is 29.6 Å². The number of aryl methyl sites for hydroxylation is 1. The first-order chi connectivity index (χ1) is 17.2. The van der Waals surface area contributed by atoms with Crippen LogP contribution in [0.1, 0.15) is 52.2 Å². The molecule has 1 aliphatic rings. The monoisotopic (exact) mass is 498 g/mol. The van der Waals surface area contributed by atoms with Crippen LogP contribution in [-0.4, -0.2) is 43.4 Å². The standard InChI is InChI=1S/C24H24F2N6O4/c1-31-17-10-15(2-3-19(17)36-23(31)35)13-27-21(33)16-11-18(32-20(30-16)6-9-29-32)22(34)28-12-14-4-7-24(25,26)8-5-14/h2-3,6,9-11,14H,4-5,7-8,12-13H2,1H3,(H,27,33)(H,28,34). The Bertz CT molecular complexity index is 1510. The molecule has 1 saturated carbocycles. The van der Waals surface area contributed by atoms with Gasteiger partial charge in [0.25, 0.3) is 11.8 Å². The molecule has 0 radical (unpaired) electrons. The van der Waals surface area contributed by atoms with Gasteiger partial charge in [-0.2, -0.15) is 5.10 Å². The summed E-state index contributed by atoms with van der Waals surface area (Å²) in [6.45, 7) is 0.425. The molecule has 1 fully saturated rings. The first-order valence-electron chi connectivity index (χ1n) is 11.6. The summed E-state index contributed by atoms with van der Waals surface area (Å²) in [5, 5.41) is 9.67. The number of fused-ring (bicyclic) bond motifs is 2. The van der Waals surface area contributed by atoms with Crippen molar-refractivity contribution in [3.63, 3.8) is 0 Å². The maximum absolute atomic E-state index is 13.4. The predicted molar refractivity (Wildman–Crippen MR) is 125 cm³/mol. The third-order valence-electron chi connectivity index (χ3n) is 6.52. The van der Waals surface area contributed by atoms with E-state index in [1.165, 1.54) is 21.3 Å². The van der Waals surface area contributed by atoms with Gasteiger partial charge in [-0.3, -0.25) is 14.2 Å². The van der Waals surface area contributed by atoms with Crippen molar-refractivity contribution in [3.05, 3.63) is 64.0 Å². The summed E-state index contributed by atoms with van der Waals surface area (Å²) in [5.74, 6) is -4.10. The third kappa shape index (κ3) is 4.70. The Kier molecular flexibility index (Phi) is 6.02. The van der Waals surface area contributed by atoms with Crippen molar-refractivity contribution in [2.45, 2.75) is 38.2 Å². The number of oxazole rings is 1. The van der Waals surface area contributed by atoms with E-state index < -0.39 is 23.5 Å². The van der Waals surface area contributed by atoms with Crippen molar-refractivity contribution in [2.75, 3.05) is 6.54 Å². The van der Waals surface area contributed by atoms with Crippen LogP contribution in [0.25, 0.3) is 16.7 Å². The quantitative estimate of drug-likeness (QED) is 0.421. The summed E-state index contributed by atoms with van der Waals surface area (Å²) in [5.41, 5.74) is 2.26. The van der Waals surface area contributed by atoms with Gasteiger partial charge in [0.15, 0.2) is 11.2 Å². The van der Waals surface area contributed by atoms with Gasteiger partial charge in [0.1, 0.15) is 11.4 Å². The van der Waals surface area contributed by atoms with E-state index in [1.807, 2.05) is 0 Å². The van der Waals surface area contributed by atoms with E-state index in [0.717, 1.165) is 5.56 Å². The largest absolute Gasteiger partial charge is 0.419 e. The molecule has 2 N–H and O–H groups in total. The maximum atomic E-state index is 13.4. The summed E-state index contributed by atoms with van der Waals surface area (Å²) in [4.78, 5) is 41.8. The van der Waals surface area contributed by atoms with Gasteiger partial charge < -0.3 is 15.1 Å². The van der Waals surface area contributed by atoms with Gasteiger partial charge in [-0.05, 0) is 36.5 Å². The van der Waals surface area contributed by atoms with E-state index in [1.54, 1.807) is 31.3 Å². The third-order valence-corrected chi connectivity index (χ3v) is 6.52. The molecule has 0 atom stereocenters. The van der Waals surface area contributed by atoms with Crippen molar-refractivity contribution in [3.8, 4) is 0 Å². The Labute approximate surface area is 203 Å². The van der Waals surface area contributed by atoms with Crippen LogP contribution < -0.4 is 16.4 Å². The molecule has 188 valence electrons. The number of rotatable bonds is 6. The minimum Gasteiger partial charge on any atom is -0.408 e. The average molecular weight is 498 g/mol. The van der Waals surface area contributed by atoms with Crippen LogP contribution in [0.3, 0.4) is 0 Å². The molecule has 1 aromatic carbocycles. The highest BCUT2D eigenvalue weighted by molar-refractivity contribution is 5.98. The van der Waals surface area contributed by atoms with Crippen LogP contribution in [-0.2, 0) is 13.6 Å². The highest BCUT2D eigenvalue weighted by Gasteiger charge is 2.35. The molecule has 1 aliphatic carbocycles. The number of hydrogen-bond donors (Lipinski definition) is 2. The van der Waals surface area contributed by atoms with Crippen molar-refractivity contribution in [1.29, 1.82) is 0 Å². The number of hydrogen-bond acceptors (Lipinski definition) is 6. The number of amides is 2. The zero-order valence-corrected chi connectivity index (χ0v) is 19.5. The molecular formula is C24H24F2N6O4. The fourth-order valence-electron chi connectivity index (χ4n) is 4.38. The molecule has 0 unspecified atom stereocenters. The van der Waals surface area contributed by atoms with Gasteiger partial charge >= 0.3 is 5.76 Å². The fourth-order valence-corrected chi connectivity index (χ4v) is 4.38. The zero-order chi connectivity index (χ0) is 25.4. The maximum Gasteiger partial charge on any atom is 0.419 e. The molecule has 3 heterocycles. The Morgan fingerprint density at radius 1 is 1.14 bits per heavy atom. The SMILES string of the molecule is Cn1c(=O)oc2ccc(CNC(=O)c3cc(C(=O)NCC4CCC(F)(F)CC4)n4nccc4n3)cc21. The van der Waals surface area contributed by atoms with Gasteiger partial charge in [0.2, 0.25) is 5.92 Å². The lowest BCUT2D eigenvalue weighted by Crippen LogP contribution is -2.35. The Hall–Kier alpha value is -4.09. The summed E-state index contributed by atoms with van der Waals surface area (Å²) in [6.07, 6.45) is 1.79. The minimum absolute atomic E-state index is 0.0293. The number of alkyl halides is 2. The van der Waals surface area contributed by atoms with Crippen molar-refractivity contribution in [2.24, 2.45) is 13.0 Å². The second-order valence-electron chi connectivity index (χ2n) is 9.05. The molecule has 3 aromatic heterocycles. The first kappa shape index (κ1) is 23.6. The van der Waals surface area contributed by atoms with Gasteiger partial charge in [-0.25, -0.2) is 23.1 Å². The second kappa shape index (κ2) is 9.17. The van der Waals surface area contributed by atoms with Gasteiger partial charge in [0, 0.05) is 45.1 Å². The second-order valence-corrected chi connectivity index (χ2v) is 9.05. The number of aromatic nitrogens is 4. The average Bonchev–Trinajstić information content (AvgIpc) is 3.45. The topological polar surface area (TPSA) is 124 Å². The van der Waals surface area contributed by atoms with Crippen molar-refractivity contribution >= 4 is 28.6 Å². The van der Waals surface area contributed by atoms with Crippen LogP contribution in [0.2, 0.25) is 0 Å². The molecule has 0 bridgehead atoms. The molecule has 12 heteroatoms. The normalized spacial score (nSPS) is 15.9. The summed E-state index contributed by atoms with van der Waals surface area (Å²) in [6, 6.07) is 8.06. The molecule has 5 rings (SSSR count). The predicted octanol–water partition coefficient (Wildman–Crippen LogP) is 2.66. The Morgan fingerprint density at radius 3 is 2.69 bits per heavy atom. The molecule has 0 aliphatic heterocycles. The lowest BCUT2D eigenvalue weighted by Gasteiger charge is -2.28. The molecule has 10 nitrogen and oxygen atoms in total. The lowest BCUT2D eigenvalue weighted by atomic mass is 9.87. The first-order valence-corrected chi connectivity index (χ1v) is 11.6. The molecule has 36 heavy (non-hydrogen) atoms. The fraction of sp³-hybridized carbons (Fsp3) is 0.375. The summed E-state index contributed by atoms with van der Waals surface area (Å²) in [7, 11) is 1.59. The molecule has 0 spiro atoms. The molecule has 4 aromatic rings. The van der Waals surface area contributed by atoms with Crippen molar-refractivity contribution in [1.82, 2.24) is 29.8 Å². The molecule has 2 amide bonds. The number of benzene rings is 1. The number of nitrogens with one attached hydrogen (secondary N) is 2. The Balaban J connectivity index is 1.29. The smallest absolute Gasteiger partial charge is 0.408 e. The van der Waals surface area contributed by atoms with E-state index in [-0.39, 0.29) is 43.2 Å². The van der Waals surface area contributed by atoms with Gasteiger partial charge in [-0.15, -0.1) is 0 Å². The Morgan fingerprint density at radius 2 is 1.92 bits per heavy atom. The summed E-state index contributed by atoms with van der Waals surface area (Å²) < 4.78 is 34.6. The van der Waals surface area contributed by atoms with Crippen LogP contribution in [0.15, 0.2) is 45.7 Å². The van der Waals surface area contributed by atoms with Crippen LogP contribution in [0.5, 0.6) is 0 Å². The number of halogens is 2. The van der Waals surface area contributed by atoms with E-state index in [4.69, 9.17) is 4.42 Å². The van der Waals surface area contributed by atoms with Crippen LogP contribution >= 0.6 is 0 Å². The van der Waals surface area contributed by atoms with Gasteiger partial charge in [-0.1, -0.05) is 6.07 Å². The molecule has 0 saturated heterocycles. The van der Waals surface area contributed by atoms with Crippen molar-refractivity contribution < 1.29 is 22.8 Å². The van der Waals surface area contributed by atoms with E-state index >= 15 is 0 Å². The minimum atomic E-state index is -2.63. The van der Waals surface area contributed by atoms with Gasteiger partial charge in [0.05, 0.1) is 11.7 Å². The van der Waals surface area contributed by atoms with Crippen LogP contribution in [0.4, 0.5) is 8.78 Å².